The molecule has 0 saturated carbocycles. The van der Waals surface area contributed by atoms with E-state index in [1.165, 1.54) is 148 Å². The maximum Gasteiger partial charge on any atom is 0.472 e. The summed E-state index contributed by atoms with van der Waals surface area (Å²) in [7, 11) is -9.90. The lowest BCUT2D eigenvalue weighted by atomic mass is 9.99. The van der Waals surface area contributed by atoms with Crippen LogP contribution in [0.1, 0.15) is 351 Å². The third kappa shape index (κ3) is 63.5. The Kier molecular flexibility index (Phi) is 59.4. The van der Waals surface area contributed by atoms with Gasteiger partial charge in [0.2, 0.25) is 0 Å². The minimum atomic E-state index is -4.95. The summed E-state index contributed by atoms with van der Waals surface area (Å²) in [6.45, 7) is 14.1. The first-order chi connectivity index (χ1) is 43.1. The molecule has 0 aromatic heterocycles. The molecule has 0 fully saturated rings. The number of rotatable bonds is 68. The molecule has 0 spiro atoms. The highest BCUT2D eigenvalue weighted by molar-refractivity contribution is 7.47. The molecule has 19 heteroatoms. The van der Waals surface area contributed by atoms with Gasteiger partial charge in [0.1, 0.15) is 19.3 Å². The van der Waals surface area contributed by atoms with Crippen molar-refractivity contribution in [3.8, 4) is 0 Å². The van der Waals surface area contributed by atoms with Gasteiger partial charge in [-0.2, -0.15) is 0 Å². The summed E-state index contributed by atoms with van der Waals surface area (Å²) in [5.41, 5.74) is 0. The molecular weight excluding hydrogens is 1190 g/mol. The Bertz CT molecular complexity index is 1780. The standard InChI is InChI=1S/C71H138O17P2/c1-9-64(8)50-42-34-25-18-14-12-10-11-13-15-19-27-37-45-53-70(75)87-67(58-82-69(74)52-44-36-30-29-33-41-49-63(6)7)60-86-90(79,80)84-56-65(72)55-83-89(77,78)85-59-66(88-71(76)54-46-38-28-22-21-24-32-40-48-62(4)5)57-81-68(73)51-43-35-26-20-16-17-23-31-39-47-61(2)3/h61-67,72H,9-60H2,1-8H3,(H,77,78)(H,79,80)/t64?,65-,66-,67-/m1/s1. The molecule has 6 atom stereocenters. The van der Waals surface area contributed by atoms with E-state index < -0.39 is 97.5 Å². The number of carbonyl (C=O) groups excluding carboxylic acids is 4. The predicted octanol–water partition coefficient (Wildman–Crippen LogP) is 20.1. The lowest BCUT2D eigenvalue weighted by Gasteiger charge is -2.21. The number of esters is 4. The average molecular weight is 1330 g/mol. The first-order valence-electron chi connectivity index (χ1n) is 36.7. The molecule has 3 unspecified atom stereocenters. The van der Waals surface area contributed by atoms with Crippen molar-refractivity contribution in [1.82, 2.24) is 0 Å². The highest BCUT2D eigenvalue weighted by Crippen LogP contribution is 2.45. The largest absolute Gasteiger partial charge is 0.472 e. The van der Waals surface area contributed by atoms with Crippen LogP contribution in [0.4, 0.5) is 0 Å². The summed E-state index contributed by atoms with van der Waals surface area (Å²) in [6.07, 6.45) is 43.2. The second-order valence-electron chi connectivity index (χ2n) is 27.3. The zero-order chi connectivity index (χ0) is 66.8. The Morgan fingerprint density at radius 1 is 0.311 bits per heavy atom. The Balaban J connectivity index is 5.21. The molecule has 0 aromatic carbocycles. The number of hydrogen-bond donors (Lipinski definition) is 3. The Morgan fingerprint density at radius 2 is 0.533 bits per heavy atom. The molecule has 0 bridgehead atoms. The number of aliphatic hydroxyl groups is 1. The summed E-state index contributed by atoms with van der Waals surface area (Å²) >= 11 is 0. The van der Waals surface area contributed by atoms with Crippen molar-refractivity contribution in [2.75, 3.05) is 39.6 Å². The van der Waals surface area contributed by atoms with Gasteiger partial charge in [0, 0.05) is 25.7 Å². The van der Waals surface area contributed by atoms with Crippen molar-refractivity contribution >= 4 is 39.5 Å². The molecule has 3 N–H and O–H groups in total. The summed E-state index contributed by atoms with van der Waals surface area (Å²) in [6, 6.07) is 0. The number of aliphatic hydroxyl groups excluding tert-OH is 1. The highest BCUT2D eigenvalue weighted by atomic mass is 31.2. The van der Waals surface area contributed by atoms with Crippen LogP contribution < -0.4 is 0 Å². The van der Waals surface area contributed by atoms with Crippen molar-refractivity contribution < 1.29 is 80.2 Å². The van der Waals surface area contributed by atoms with Crippen molar-refractivity contribution in [2.24, 2.45) is 23.7 Å². The smallest absolute Gasteiger partial charge is 0.462 e. The van der Waals surface area contributed by atoms with E-state index in [4.69, 9.17) is 37.0 Å². The molecule has 0 aliphatic heterocycles. The van der Waals surface area contributed by atoms with Crippen LogP contribution in [0.25, 0.3) is 0 Å². The van der Waals surface area contributed by atoms with Gasteiger partial charge in [-0.1, -0.05) is 299 Å². The molecule has 0 heterocycles. The number of phosphoric ester groups is 2. The monoisotopic (exact) mass is 1320 g/mol. The van der Waals surface area contributed by atoms with Gasteiger partial charge in [-0.3, -0.25) is 37.3 Å². The van der Waals surface area contributed by atoms with Gasteiger partial charge >= 0.3 is 39.5 Å². The normalized spacial score (nSPS) is 14.6. The average Bonchev–Trinajstić information content (AvgIpc) is 2.88. The minimum absolute atomic E-state index is 0.104. The third-order valence-corrected chi connectivity index (χ3v) is 18.6. The van der Waals surface area contributed by atoms with Crippen LogP contribution in [0.5, 0.6) is 0 Å². The minimum Gasteiger partial charge on any atom is -0.462 e. The fourth-order valence-corrected chi connectivity index (χ4v) is 12.2. The molecule has 0 aliphatic carbocycles. The van der Waals surface area contributed by atoms with Gasteiger partial charge in [0.25, 0.3) is 0 Å². The van der Waals surface area contributed by atoms with Crippen LogP contribution in [0.3, 0.4) is 0 Å². The quantitative estimate of drug-likeness (QED) is 0.0222. The Labute approximate surface area is 549 Å². The van der Waals surface area contributed by atoms with E-state index in [1.807, 2.05) is 0 Å². The number of phosphoric acid groups is 2. The van der Waals surface area contributed by atoms with E-state index in [9.17, 15) is 43.2 Å². The number of unbranched alkanes of at least 4 members (excludes halogenated alkanes) is 33. The molecule has 0 aliphatic rings. The molecule has 17 nitrogen and oxygen atoms in total. The van der Waals surface area contributed by atoms with Crippen LogP contribution in [0.15, 0.2) is 0 Å². The second kappa shape index (κ2) is 60.7. The van der Waals surface area contributed by atoms with Crippen molar-refractivity contribution in [2.45, 2.75) is 369 Å². The summed E-state index contributed by atoms with van der Waals surface area (Å²) in [4.78, 5) is 72.5. The molecule has 0 rings (SSSR count). The van der Waals surface area contributed by atoms with E-state index in [2.05, 4.69) is 55.4 Å². The number of ether oxygens (including phenoxy) is 4. The topological polar surface area (TPSA) is 237 Å². The summed E-state index contributed by atoms with van der Waals surface area (Å²) in [5.74, 6) is 0.856. The Hall–Kier alpha value is -1.94. The van der Waals surface area contributed by atoms with Gasteiger partial charge < -0.3 is 33.8 Å². The van der Waals surface area contributed by atoms with Crippen LogP contribution in [0.2, 0.25) is 0 Å². The van der Waals surface area contributed by atoms with Crippen molar-refractivity contribution in [3.05, 3.63) is 0 Å². The van der Waals surface area contributed by atoms with E-state index in [0.29, 0.717) is 31.6 Å². The number of carbonyl (C=O) groups is 4. The van der Waals surface area contributed by atoms with E-state index in [-0.39, 0.29) is 25.7 Å². The summed E-state index contributed by atoms with van der Waals surface area (Å²) < 4.78 is 68.3. The first kappa shape index (κ1) is 88.1. The molecular formula is C71H138O17P2. The Morgan fingerprint density at radius 3 is 0.789 bits per heavy atom. The van der Waals surface area contributed by atoms with E-state index in [1.54, 1.807) is 0 Å². The van der Waals surface area contributed by atoms with E-state index in [0.717, 1.165) is 114 Å². The van der Waals surface area contributed by atoms with Crippen LogP contribution in [-0.2, 0) is 65.4 Å². The maximum atomic E-state index is 13.0. The van der Waals surface area contributed by atoms with Gasteiger partial charge in [0.05, 0.1) is 26.4 Å². The van der Waals surface area contributed by atoms with Gasteiger partial charge in [-0.25, -0.2) is 9.13 Å². The third-order valence-electron chi connectivity index (χ3n) is 16.7. The fourth-order valence-electron chi connectivity index (χ4n) is 10.6. The summed E-state index contributed by atoms with van der Waals surface area (Å²) in [5, 5.41) is 10.6. The molecule has 0 saturated heterocycles. The van der Waals surface area contributed by atoms with Crippen LogP contribution >= 0.6 is 15.6 Å². The fraction of sp³-hybridized carbons (Fsp3) is 0.944. The lowest BCUT2D eigenvalue weighted by molar-refractivity contribution is -0.161. The van der Waals surface area contributed by atoms with Gasteiger partial charge in [-0.05, 0) is 49.4 Å². The maximum absolute atomic E-state index is 13.0. The lowest BCUT2D eigenvalue weighted by Crippen LogP contribution is -2.30. The number of hydrogen-bond acceptors (Lipinski definition) is 15. The SMILES string of the molecule is CCC(C)CCCCCCCCCCCCCCCCC(=O)O[C@H](COC(=O)CCCCCCCCC(C)C)COP(=O)(O)OC[C@H](O)COP(=O)(O)OC[C@@H](COC(=O)CCCCCCCCCCCC(C)C)OC(=O)CCCCCCCCCCC(C)C. The van der Waals surface area contributed by atoms with Crippen molar-refractivity contribution in [3.63, 3.8) is 0 Å². The zero-order valence-electron chi connectivity index (χ0n) is 58.8. The van der Waals surface area contributed by atoms with Crippen LogP contribution in [0, 0.1) is 23.7 Å². The molecule has 0 amide bonds. The molecule has 90 heavy (non-hydrogen) atoms. The zero-order valence-corrected chi connectivity index (χ0v) is 60.6. The van der Waals surface area contributed by atoms with Gasteiger partial charge in [-0.15, -0.1) is 0 Å². The van der Waals surface area contributed by atoms with Crippen LogP contribution in [-0.4, -0.2) is 96.7 Å². The van der Waals surface area contributed by atoms with Gasteiger partial charge in [0.15, 0.2) is 12.2 Å². The predicted molar refractivity (Wildman–Crippen MR) is 363 cm³/mol. The highest BCUT2D eigenvalue weighted by Gasteiger charge is 2.30. The molecule has 0 aromatic rings. The second-order valence-corrected chi connectivity index (χ2v) is 30.2. The molecule has 0 radical (unpaired) electrons. The molecule has 534 valence electrons. The van der Waals surface area contributed by atoms with E-state index >= 15 is 0 Å². The first-order valence-corrected chi connectivity index (χ1v) is 39.7. The van der Waals surface area contributed by atoms with Crippen molar-refractivity contribution in [1.29, 1.82) is 0 Å².